The van der Waals surface area contributed by atoms with Crippen LogP contribution < -0.4 is 9.80 Å². The van der Waals surface area contributed by atoms with Crippen LogP contribution in [-0.4, -0.2) is 36.4 Å². The van der Waals surface area contributed by atoms with Gasteiger partial charge in [0.1, 0.15) is 11.5 Å². The third-order valence-corrected chi connectivity index (χ3v) is 4.44. The van der Waals surface area contributed by atoms with Gasteiger partial charge < -0.3 is 20.0 Å². The Morgan fingerprint density at radius 2 is 1.39 bits per heavy atom. The fraction of sp³-hybridized carbons (Fsp3) is 0.368. The molecule has 0 aliphatic carbocycles. The van der Waals surface area contributed by atoms with Gasteiger partial charge in [-0.1, -0.05) is 13.3 Å². The molecule has 122 valence electrons. The van der Waals surface area contributed by atoms with E-state index >= 15 is 0 Å². The minimum Gasteiger partial charge on any atom is -0.508 e. The number of hydrogen-bond acceptors (Lipinski definition) is 4. The van der Waals surface area contributed by atoms with Crippen molar-refractivity contribution in [3.63, 3.8) is 0 Å². The fourth-order valence-corrected chi connectivity index (χ4v) is 3.12. The zero-order valence-corrected chi connectivity index (χ0v) is 13.6. The van der Waals surface area contributed by atoms with Crippen molar-refractivity contribution in [3.05, 3.63) is 48.0 Å². The monoisotopic (exact) mass is 312 g/mol. The second-order valence-corrected chi connectivity index (χ2v) is 6.05. The number of nitrogens with zero attached hydrogens (tertiary/aromatic N) is 2. The summed E-state index contributed by atoms with van der Waals surface area (Å²) in [6.07, 6.45) is 1.94. The average molecular weight is 312 g/mol. The summed E-state index contributed by atoms with van der Waals surface area (Å²) in [6, 6.07) is 13.3. The summed E-state index contributed by atoms with van der Waals surface area (Å²) in [4.78, 5) is 4.71. The van der Waals surface area contributed by atoms with Crippen molar-refractivity contribution in [1.29, 1.82) is 0 Å². The zero-order valence-electron chi connectivity index (χ0n) is 13.6. The van der Waals surface area contributed by atoms with E-state index in [4.69, 9.17) is 0 Å². The lowest BCUT2D eigenvalue weighted by atomic mass is 10.1. The Bertz CT molecular complexity index is 647. The molecule has 2 aromatic carbocycles. The number of rotatable bonds is 4. The predicted molar refractivity (Wildman–Crippen MR) is 94.6 cm³/mol. The largest absolute Gasteiger partial charge is 0.508 e. The molecule has 3 rings (SSSR count). The van der Waals surface area contributed by atoms with E-state index in [1.54, 1.807) is 12.1 Å². The van der Waals surface area contributed by atoms with E-state index in [9.17, 15) is 10.2 Å². The van der Waals surface area contributed by atoms with E-state index < -0.39 is 0 Å². The third kappa shape index (κ3) is 3.52. The fourth-order valence-electron chi connectivity index (χ4n) is 3.12. The molecule has 0 bridgehead atoms. The first-order chi connectivity index (χ1) is 11.2. The number of benzene rings is 2. The average Bonchev–Trinajstić information content (AvgIpc) is 2.58. The maximum atomic E-state index is 9.93. The van der Waals surface area contributed by atoms with Gasteiger partial charge in [-0.05, 0) is 54.4 Å². The van der Waals surface area contributed by atoms with Gasteiger partial charge in [0.15, 0.2) is 0 Å². The van der Waals surface area contributed by atoms with Crippen molar-refractivity contribution in [3.8, 4) is 11.5 Å². The number of anilines is 2. The minimum absolute atomic E-state index is 0.305. The van der Waals surface area contributed by atoms with Crippen molar-refractivity contribution in [2.24, 2.45) is 0 Å². The van der Waals surface area contributed by atoms with E-state index in [-0.39, 0.29) is 0 Å². The number of aryl methyl sites for hydroxylation is 1. The topological polar surface area (TPSA) is 46.9 Å². The van der Waals surface area contributed by atoms with Crippen LogP contribution in [-0.2, 0) is 6.42 Å². The second-order valence-electron chi connectivity index (χ2n) is 6.05. The molecule has 0 aromatic heterocycles. The summed E-state index contributed by atoms with van der Waals surface area (Å²) in [7, 11) is 0. The molecule has 1 saturated heterocycles. The Balaban J connectivity index is 1.67. The van der Waals surface area contributed by atoms with Gasteiger partial charge in [0.05, 0.1) is 0 Å². The van der Waals surface area contributed by atoms with Crippen molar-refractivity contribution in [2.45, 2.75) is 19.8 Å². The number of phenols is 2. The summed E-state index contributed by atoms with van der Waals surface area (Å²) >= 11 is 0. The zero-order chi connectivity index (χ0) is 16.2. The van der Waals surface area contributed by atoms with E-state index in [1.165, 1.54) is 5.69 Å². The molecule has 1 heterocycles. The Kier molecular flexibility index (Phi) is 4.60. The lowest BCUT2D eigenvalue weighted by Gasteiger charge is -2.37. The van der Waals surface area contributed by atoms with Gasteiger partial charge in [0, 0.05) is 37.6 Å². The molecule has 1 fully saturated rings. The highest BCUT2D eigenvalue weighted by atomic mass is 16.3. The van der Waals surface area contributed by atoms with Crippen LogP contribution in [0.5, 0.6) is 11.5 Å². The first kappa shape index (κ1) is 15.5. The summed E-state index contributed by atoms with van der Waals surface area (Å²) in [6.45, 7) is 5.94. The summed E-state index contributed by atoms with van der Waals surface area (Å²) in [5.74, 6) is 0.707. The predicted octanol–water partition coefficient (Wildman–Crippen LogP) is 3.38. The Morgan fingerprint density at radius 3 is 2.00 bits per heavy atom. The molecule has 1 aliphatic rings. The molecule has 0 saturated carbocycles. The summed E-state index contributed by atoms with van der Waals surface area (Å²) in [5.41, 5.74) is 3.38. The molecule has 0 spiro atoms. The highest BCUT2D eigenvalue weighted by Gasteiger charge is 2.18. The number of piperazine rings is 1. The standard InChI is InChI=1S/C19H24N2O2/c1-2-3-15-14-17(6-9-19(15)23)21-12-10-20(11-13-21)16-4-7-18(22)8-5-16/h4-9,14,22-23H,2-3,10-13H2,1H3. The van der Waals surface area contributed by atoms with Crippen molar-refractivity contribution in [2.75, 3.05) is 36.0 Å². The van der Waals surface area contributed by atoms with Crippen LogP contribution in [0.1, 0.15) is 18.9 Å². The highest BCUT2D eigenvalue weighted by Crippen LogP contribution is 2.27. The normalized spacial score (nSPS) is 15.0. The molecule has 2 aromatic rings. The molecule has 4 heteroatoms. The van der Waals surface area contributed by atoms with Gasteiger partial charge in [-0.25, -0.2) is 0 Å². The number of hydrogen-bond donors (Lipinski definition) is 2. The first-order valence-corrected chi connectivity index (χ1v) is 8.28. The van der Waals surface area contributed by atoms with Crippen molar-refractivity contribution < 1.29 is 10.2 Å². The molecule has 0 unspecified atom stereocenters. The van der Waals surface area contributed by atoms with Gasteiger partial charge in [-0.2, -0.15) is 0 Å². The van der Waals surface area contributed by atoms with Crippen LogP contribution in [0, 0.1) is 0 Å². The van der Waals surface area contributed by atoms with Crippen LogP contribution in [0.15, 0.2) is 42.5 Å². The maximum Gasteiger partial charge on any atom is 0.118 e. The van der Waals surface area contributed by atoms with Gasteiger partial charge >= 0.3 is 0 Å². The van der Waals surface area contributed by atoms with E-state index in [0.29, 0.717) is 11.5 Å². The second kappa shape index (κ2) is 6.82. The molecule has 0 amide bonds. The van der Waals surface area contributed by atoms with Crippen molar-refractivity contribution >= 4 is 11.4 Å². The summed E-state index contributed by atoms with van der Waals surface area (Å²) < 4.78 is 0. The minimum atomic E-state index is 0.305. The van der Waals surface area contributed by atoms with E-state index in [1.807, 2.05) is 24.3 Å². The molecule has 4 nitrogen and oxygen atoms in total. The molecule has 1 aliphatic heterocycles. The summed E-state index contributed by atoms with van der Waals surface area (Å²) in [5, 5.41) is 19.3. The lowest BCUT2D eigenvalue weighted by Crippen LogP contribution is -2.46. The van der Waals surface area contributed by atoms with Gasteiger partial charge in [0.2, 0.25) is 0 Å². The van der Waals surface area contributed by atoms with Gasteiger partial charge in [-0.15, -0.1) is 0 Å². The van der Waals surface area contributed by atoms with Crippen LogP contribution in [0.25, 0.3) is 0 Å². The molecule has 23 heavy (non-hydrogen) atoms. The van der Waals surface area contributed by atoms with Gasteiger partial charge in [0.25, 0.3) is 0 Å². The number of phenolic OH excluding ortho intramolecular Hbond substituents is 2. The van der Waals surface area contributed by atoms with E-state index in [2.05, 4.69) is 22.8 Å². The number of aromatic hydroxyl groups is 2. The van der Waals surface area contributed by atoms with Crippen LogP contribution >= 0.6 is 0 Å². The van der Waals surface area contributed by atoms with Crippen LogP contribution in [0.4, 0.5) is 11.4 Å². The Labute approximate surface area is 137 Å². The van der Waals surface area contributed by atoms with Crippen LogP contribution in [0.3, 0.4) is 0 Å². The Morgan fingerprint density at radius 1 is 0.826 bits per heavy atom. The molecule has 0 atom stereocenters. The molecule has 2 N–H and O–H groups in total. The molecule has 0 radical (unpaired) electrons. The molecular weight excluding hydrogens is 288 g/mol. The Hall–Kier alpha value is -2.36. The van der Waals surface area contributed by atoms with Crippen molar-refractivity contribution in [1.82, 2.24) is 0 Å². The van der Waals surface area contributed by atoms with E-state index in [0.717, 1.165) is 50.3 Å². The smallest absolute Gasteiger partial charge is 0.118 e. The maximum absolute atomic E-state index is 9.93. The molecular formula is C19H24N2O2. The van der Waals surface area contributed by atoms with Gasteiger partial charge in [-0.3, -0.25) is 0 Å². The highest BCUT2D eigenvalue weighted by molar-refractivity contribution is 5.55. The quantitative estimate of drug-likeness (QED) is 0.908. The SMILES string of the molecule is CCCc1cc(N2CCN(c3ccc(O)cc3)CC2)ccc1O. The van der Waals surface area contributed by atoms with Crippen LogP contribution in [0.2, 0.25) is 0 Å². The first-order valence-electron chi connectivity index (χ1n) is 8.28. The lowest BCUT2D eigenvalue weighted by molar-refractivity contribution is 0.467. The third-order valence-electron chi connectivity index (χ3n) is 4.44.